The molecule has 1 heterocycles. The molecule has 122 valence electrons. The Morgan fingerprint density at radius 2 is 1.96 bits per heavy atom. The minimum Gasteiger partial charge on any atom is -0.284 e. The molecule has 0 radical (unpaired) electrons. The predicted octanol–water partition coefficient (Wildman–Crippen LogP) is 1.62. The fourth-order valence-electron chi connectivity index (χ4n) is 3.26. The van der Waals surface area contributed by atoms with E-state index in [9.17, 15) is 13.2 Å². The molecule has 0 saturated heterocycles. The monoisotopic (exact) mass is 332 g/mol. The number of hydrogen-bond acceptors (Lipinski definition) is 3. The van der Waals surface area contributed by atoms with Gasteiger partial charge in [-0.3, -0.25) is 9.36 Å². The molecule has 0 aliphatic heterocycles. The third kappa shape index (κ3) is 3.38. The summed E-state index contributed by atoms with van der Waals surface area (Å²) in [6.07, 6.45) is 4.00. The smallest absolute Gasteiger partial charge is 0.255 e. The molecule has 3 rings (SSSR count). The zero-order valence-corrected chi connectivity index (χ0v) is 13.8. The van der Waals surface area contributed by atoms with Gasteiger partial charge in [-0.15, -0.1) is 0 Å². The number of pyridine rings is 1. The topological polar surface area (TPSA) is 82.2 Å². The third-order valence-electron chi connectivity index (χ3n) is 4.53. The molecule has 2 aromatic rings. The van der Waals surface area contributed by atoms with Crippen molar-refractivity contribution in [3.8, 4) is 5.69 Å². The van der Waals surface area contributed by atoms with Crippen molar-refractivity contribution in [1.29, 1.82) is 0 Å². The maximum Gasteiger partial charge on any atom is 0.255 e. The minimum atomic E-state index is -3.48. The van der Waals surface area contributed by atoms with Crippen LogP contribution in [0.25, 0.3) is 5.69 Å². The van der Waals surface area contributed by atoms with Crippen molar-refractivity contribution in [3.05, 3.63) is 64.1 Å². The number of fused-ring (bicyclic) bond motifs is 1. The highest BCUT2D eigenvalue weighted by Gasteiger charge is 2.27. The Bertz CT molecular complexity index is 887. The summed E-state index contributed by atoms with van der Waals surface area (Å²) in [6.45, 7) is 1.66. The number of rotatable bonds is 4. The second-order valence-electron chi connectivity index (χ2n) is 6.27. The van der Waals surface area contributed by atoms with Crippen LogP contribution in [0.15, 0.2) is 47.4 Å². The maximum absolute atomic E-state index is 11.9. The van der Waals surface area contributed by atoms with E-state index in [1.54, 1.807) is 23.8 Å². The molecule has 1 unspecified atom stereocenters. The summed E-state index contributed by atoms with van der Waals surface area (Å²) in [5.74, 6) is 0.279. The van der Waals surface area contributed by atoms with Crippen molar-refractivity contribution in [3.63, 3.8) is 0 Å². The normalized spacial score (nSPS) is 18.6. The summed E-state index contributed by atoms with van der Waals surface area (Å²) in [6, 6.07) is 11.1. The summed E-state index contributed by atoms with van der Waals surface area (Å²) in [4.78, 5) is 11.9. The average Bonchev–Trinajstić information content (AvgIpc) is 2.88. The fourth-order valence-corrected chi connectivity index (χ4v) is 3.80. The van der Waals surface area contributed by atoms with Crippen LogP contribution >= 0.6 is 0 Å². The molecule has 2 atom stereocenters. The number of nitrogens with two attached hydrogens (primary N) is 1. The van der Waals surface area contributed by atoms with Gasteiger partial charge in [-0.1, -0.05) is 12.1 Å². The summed E-state index contributed by atoms with van der Waals surface area (Å²) in [5, 5.41) is 4.68. The second kappa shape index (κ2) is 5.94. The van der Waals surface area contributed by atoms with Crippen LogP contribution in [0.1, 0.15) is 24.5 Å². The molecule has 1 aromatic carbocycles. The summed E-state index contributed by atoms with van der Waals surface area (Å²) < 4.78 is 24.4. The Balaban J connectivity index is 1.82. The van der Waals surface area contributed by atoms with E-state index in [-0.39, 0.29) is 11.5 Å². The highest BCUT2D eigenvalue weighted by molar-refractivity contribution is 7.89. The maximum atomic E-state index is 11.9. The van der Waals surface area contributed by atoms with Crippen LogP contribution in [-0.4, -0.2) is 18.2 Å². The highest BCUT2D eigenvalue weighted by atomic mass is 32.2. The van der Waals surface area contributed by atoms with Crippen molar-refractivity contribution < 1.29 is 8.42 Å². The molecule has 0 bridgehead atoms. The van der Waals surface area contributed by atoms with E-state index >= 15 is 0 Å². The van der Waals surface area contributed by atoms with Crippen LogP contribution in [0.2, 0.25) is 0 Å². The van der Waals surface area contributed by atoms with Gasteiger partial charge in [-0.05, 0) is 61.4 Å². The van der Waals surface area contributed by atoms with Crippen molar-refractivity contribution in [2.45, 2.75) is 31.4 Å². The van der Waals surface area contributed by atoms with Crippen molar-refractivity contribution in [1.82, 2.24) is 4.57 Å². The quantitative estimate of drug-likeness (QED) is 0.923. The van der Waals surface area contributed by atoms with Gasteiger partial charge in [0.25, 0.3) is 5.56 Å². The second-order valence-corrected chi connectivity index (χ2v) is 8.25. The van der Waals surface area contributed by atoms with Gasteiger partial charge in [-0.25, -0.2) is 13.6 Å². The molecule has 0 spiro atoms. The molecule has 0 fully saturated rings. The standard InChI is InChI=1S/C17H20N2O3S/c1-12(23(18,21)22)8-13-9-14-5-6-16(11-15(14)10-13)19-7-3-2-4-17(19)20/h2-7,11-13H,8-10H2,1H3,(H2,18,21,22)/t12?,13-/m0/s1. The van der Waals surface area contributed by atoms with Crippen LogP contribution in [0.5, 0.6) is 0 Å². The van der Waals surface area contributed by atoms with Crippen LogP contribution in [0, 0.1) is 5.92 Å². The zero-order chi connectivity index (χ0) is 16.6. The number of hydrogen-bond donors (Lipinski definition) is 1. The van der Waals surface area contributed by atoms with Gasteiger partial charge in [0.05, 0.1) is 5.25 Å². The van der Waals surface area contributed by atoms with Gasteiger partial charge in [0, 0.05) is 18.0 Å². The van der Waals surface area contributed by atoms with Crippen LogP contribution < -0.4 is 10.7 Å². The SMILES string of the molecule is CC(C[C@H]1Cc2ccc(-n3ccccc3=O)cc2C1)S(N)(=O)=O. The molecule has 1 aromatic heterocycles. The van der Waals surface area contributed by atoms with Gasteiger partial charge in [-0.2, -0.15) is 0 Å². The van der Waals surface area contributed by atoms with Gasteiger partial charge in [0.1, 0.15) is 0 Å². The van der Waals surface area contributed by atoms with Gasteiger partial charge in [0.2, 0.25) is 10.0 Å². The first kappa shape index (κ1) is 16.0. The Morgan fingerprint density at radius 1 is 1.22 bits per heavy atom. The van der Waals surface area contributed by atoms with Crippen LogP contribution in [0.4, 0.5) is 0 Å². The summed E-state index contributed by atoms with van der Waals surface area (Å²) >= 11 is 0. The molecule has 6 heteroatoms. The van der Waals surface area contributed by atoms with E-state index in [1.807, 2.05) is 24.3 Å². The van der Waals surface area contributed by atoms with Crippen LogP contribution in [0.3, 0.4) is 0 Å². The lowest BCUT2D eigenvalue weighted by Crippen LogP contribution is -2.28. The van der Waals surface area contributed by atoms with E-state index in [0.717, 1.165) is 18.5 Å². The average molecular weight is 332 g/mol. The number of nitrogens with zero attached hydrogens (tertiary/aromatic N) is 1. The number of primary sulfonamides is 1. The molecular formula is C17H20N2O3S. The van der Waals surface area contributed by atoms with Crippen molar-refractivity contribution >= 4 is 10.0 Å². The Hall–Kier alpha value is -1.92. The Labute approximate surface area is 135 Å². The van der Waals surface area contributed by atoms with E-state index in [1.165, 1.54) is 17.2 Å². The molecule has 1 aliphatic rings. The first-order valence-electron chi connectivity index (χ1n) is 7.66. The Morgan fingerprint density at radius 3 is 2.65 bits per heavy atom. The molecule has 0 amide bonds. The molecule has 1 aliphatic carbocycles. The lowest BCUT2D eigenvalue weighted by molar-refractivity contribution is 0.493. The third-order valence-corrected chi connectivity index (χ3v) is 5.85. The van der Waals surface area contributed by atoms with E-state index < -0.39 is 15.3 Å². The largest absolute Gasteiger partial charge is 0.284 e. The van der Waals surface area contributed by atoms with Gasteiger partial charge < -0.3 is 0 Å². The van der Waals surface area contributed by atoms with Gasteiger partial charge in [0.15, 0.2) is 0 Å². The van der Waals surface area contributed by atoms with E-state index in [0.29, 0.717) is 6.42 Å². The van der Waals surface area contributed by atoms with E-state index in [2.05, 4.69) is 0 Å². The number of benzene rings is 1. The molecule has 2 N–H and O–H groups in total. The minimum absolute atomic E-state index is 0.0650. The lowest BCUT2D eigenvalue weighted by atomic mass is 10.0. The van der Waals surface area contributed by atoms with Crippen LogP contribution in [-0.2, 0) is 22.9 Å². The first-order chi connectivity index (χ1) is 10.8. The summed E-state index contributed by atoms with van der Waals surface area (Å²) in [5.41, 5.74) is 3.19. The first-order valence-corrected chi connectivity index (χ1v) is 9.27. The molecule has 5 nitrogen and oxygen atoms in total. The molecule has 23 heavy (non-hydrogen) atoms. The predicted molar refractivity (Wildman–Crippen MR) is 90.1 cm³/mol. The number of aromatic nitrogens is 1. The molecular weight excluding hydrogens is 312 g/mol. The molecule has 0 saturated carbocycles. The zero-order valence-electron chi connectivity index (χ0n) is 13.0. The van der Waals surface area contributed by atoms with Gasteiger partial charge >= 0.3 is 0 Å². The summed E-state index contributed by atoms with van der Waals surface area (Å²) in [7, 11) is -3.48. The lowest BCUT2D eigenvalue weighted by Gasteiger charge is -2.13. The Kier molecular flexibility index (Phi) is 4.12. The highest BCUT2D eigenvalue weighted by Crippen LogP contribution is 2.31. The number of sulfonamides is 1. The van der Waals surface area contributed by atoms with Crippen molar-refractivity contribution in [2.24, 2.45) is 11.1 Å². The van der Waals surface area contributed by atoms with E-state index in [4.69, 9.17) is 5.14 Å². The van der Waals surface area contributed by atoms with Crippen molar-refractivity contribution in [2.75, 3.05) is 0 Å². The fraction of sp³-hybridized carbons (Fsp3) is 0.353.